The molecular weight excluding hydrogens is 1630 g/mol. The lowest BCUT2D eigenvalue weighted by Gasteiger charge is -2.44. The number of carbonyl (C=O) groups is 11. The molecule has 5 aromatic carbocycles. The first kappa shape index (κ1) is 99.8. The van der Waals surface area contributed by atoms with Crippen LogP contribution in [0, 0.1) is 47.8 Å². The second-order valence-corrected chi connectivity index (χ2v) is 38.3. The van der Waals surface area contributed by atoms with Gasteiger partial charge < -0.3 is 51.3 Å². The number of nitrogens with one attached hydrogen (secondary N) is 4. The summed E-state index contributed by atoms with van der Waals surface area (Å²) in [5.41, 5.74) is 4.23. The van der Waals surface area contributed by atoms with Gasteiger partial charge in [0.1, 0.15) is 27.7 Å². The molecule has 0 radical (unpaired) electrons. The molecule has 0 spiro atoms. The molecule has 5 aromatic rings. The van der Waals surface area contributed by atoms with E-state index >= 15 is 28.8 Å². The Labute approximate surface area is 729 Å². The van der Waals surface area contributed by atoms with Gasteiger partial charge in [0.25, 0.3) is 0 Å². The molecular formula is C92H126Cl3N9O16S. The first-order chi connectivity index (χ1) is 56.9. The van der Waals surface area contributed by atoms with Crippen LogP contribution in [0.25, 0.3) is 0 Å². The summed E-state index contributed by atoms with van der Waals surface area (Å²) in [4.78, 5) is 172. The van der Waals surface area contributed by atoms with E-state index in [-0.39, 0.29) is 114 Å². The highest BCUT2D eigenvalue weighted by Crippen LogP contribution is 2.36. The van der Waals surface area contributed by atoms with Crippen molar-refractivity contribution in [2.45, 2.75) is 213 Å². The number of carbonyl (C=O) groups excluding carboxylic acids is 11. The molecule has 29 heteroatoms. The molecule has 2 saturated heterocycles. The van der Waals surface area contributed by atoms with Crippen molar-refractivity contribution in [1.82, 2.24) is 45.8 Å². The number of Topliss-reactive ketones (excluding diaryl/α,β-unsaturated/α-hetero) is 4. The van der Waals surface area contributed by atoms with Crippen LogP contribution in [-0.4, -0.2) is 240 Å². The minimum atomic E-state index is -3.89. The zero-order chi connectivity index (χ0) is 89.3. The van der Waals surface area contributed by atoms with Gasteiger partial charge in [0.15, 0.2) is 17.3 Å². The minimum Gasteiger partial charge on any atom is -0.393 e. The second kappa shape index (κ2) is 47.0. The van der Waals surface area contributed by atoms with Crippen molar-refractivity contribution in [1.29, 1.82) is 0 Å². The van der Waals surface area contributed by atoms with E-state index in [2.05, 4.69) is 46.9 Å². The third-order valence-electron chi connectivity index (χ3n) is 23.9. The Morgan fingerprint density at radius 3 is 1.64 bits per heavy atom. The smallest absolute Gasteiger partial charge is 0.245 e. The Morgan fingerprint density at radius 2 is 1.07 bits per heavy atom. The van der Waals surface area contributed by atoms with E-state index in [4.69, 9.17) is 34.8 Å². The average molecular weight is 1750 g/mol. The van der Waals surface area contributed by atoms with Crippen molar-refractivity contribution >= 4 is 109 Å². The van der Waals surface area contributed by atoms with Gasteiger partial charge in [-0.3, -0.25) is 62.5 Å². The molecule has 2 aliphatic heterocycles. The summed E-state index contributed by atoms with van der Waals surface area (Å²) in [6.45, 7) is 17.0. The van der Waals surface area contributed by atoms with Gasteiger partial charge in [-0.25, -0.2) is 8.42 Å². The summed E-state index contributed by atoms with van der Waals surface area (Å²) in [5.74, 6) is -12.8. The van der Waals surface area contributed by atoms with Gasteiger partial charge in [0.2, 0.25) is 41.4 Å². The zero-order valence-electron chi connectivity index (χ0n) is 72.3. The lowest BCUT2D eigenvalue weighted by Crippen LogP contribution is -2.59. The summed E-state index contributed by atoms with van der Waals surface area (Å²) in [7, 11) is 0.347. The molecule has 0 saturated carbocycles. The lowest BCUT2D eigenvalue weighted by atomic mass is 9.75. The molecule has 14 atom stereocenters. The molecule has 121 heavy (non-hydrogen) atoms. The number of sulfone groups is 1. The number of hydrogen-bond donors (Lipinski definition) is 7. The Balaban J connectivity index is 1.29. The molecule has 25 nitrogen and oxygen atoms in total. The summed E-state index contributed by atoms with van der Waals surface area (Å²) in [6.07, 6.45) is -4.42. The summed E-state index contributed by atoms with van der Waals surface area (Å²) in [5, 5.41) is 46.7. The Bertz CT molecular complexity index is 4450. The van der Waals surface area contributed by atoms with Gasteiger partial charge in [-0.1, -0.05) is 159 Å². The van der Waals surface area contributed by atoms with E-state index in [1.54, 1.807) is 110 Å². The number of benzene rings is 5. The molecule has 7 rings (SSSR count). The number of likely N-dealkylation sites (N-methyl/N-ethyl adjacent to an activating group) is 2. The average Bonchev–Trinajstić information content (AvgIpc) is 0.931. The first-order valence-corrected chi connectivity index (χ1v) is 45.2. The number of aryl methyl sites for hydroxylation is 1. The van der Waals surface area contributed by atoms with E-state index in [1.165, 1.54) is 46.7 Å². The van der Waals surface area contributed by atoms with Crippen LogP contribution < -0.4 is 21.3 Å². The third kappa shape index (κ3) is 31.8. The van der Waals surface area contributed by atoms with Crippen LogP contribution in [0.5, 0.6) is 0 Å². The molecule has 0 bridgehead atoms. The van der Waals surface area contributed by atoms with Crippen LogP contribution >= 0.6 is 34.8 Å². The molecule has 2 aliphatic rings. The fourth-order valence-corrected chi connectivity index (χ4v) is 17.2. The normalized spacial score (nSPS) is 24.6. The maximum atomic E-state index is 15.4. The number of amides is 7. The predicted molar refractivity (Wildman–Crippen MR) is 470 cm³/mol. The zero-order valence-corrected chi connectivity index (χ0v) is 75.4. The number of rotatable bonds is 18. The van der Waals surface area contributed by atoms with Gasteiger partial charge in [-0.15, -0.1) is 0 Å². The van der Waals surface area contributed by atoms with Crippen molar-refractivity contribution in [3.05, 3.63) is 176 Å². The molecule has 7 amide bonds. The molecule has 1 unspecified atom stereocenters. The standard InChI is InChI=1S/C92H126Cl3N9O16S/c1-57-19-17-22-66(45-57)50-78-81(109)38-43-104(62(6)103-41-36-71(37-42-103)92(7,8)9)56-75(108)46-58(2)86(113)99-85(61(5)107)88(115)98-77(39-44-121(13,119)120)91(118)102(12)80(51-63-20-15-14-16-21-63)83(111)54-76(60(4)106)90(117)101(11)79(52-65-27-32-73(94)33-28-65)82(110)34-29-69(48-67-23-18-24-74(95)49-67)89(116)100(10)40-35-68(47-64-25-30-72(93)31-26-64)87(114)96-55-70(59(3)105)53-84(112)97-78/h14-28,30-33,45,49,58-62,68-71,76-80,85,105-107H,29,34-44,46-48,50-56H2,1-13H3,(H,96,114)(H,97,112)(H,98,115)(H,99,113)/t58-,59-,60-,61-,62?,68+,69+,70+,76+,77+,78+,79+,80+,85+/m1/s1. The van der Waals surface area contributed by atoms with E-state index in [1.807, 2.05) is 43.0 Å². The topological polar surface area (TPSA) is 347 Å². The minimum absolute atomic E-state index is 0.0287. The van der Waals surface area contributed by atoms with Gasteiger partial charge in [0, 0.05) is 118 Å². The number of halogens is 3. The van der Waals surface area contributed by atoms with Crippen molar-refractivity contribution in [3.8, 4) is 0 Å². The van der Waals surface area contributed by atoms with E-state index in [0.717, 1.165) is 45.6 Å². The van der Waals surface area contributed by atoms with Gasteiger partial charge in [-0.05, 0) is 187 Å². The van der Waals surface area contributed by atoms with Crippen molar-refractivity contribution in [2.24, 2.45) is 40.9 Å². The van der Waals surface area contributed by atoms with Crippen LogP contribution in [0.4, 0.5) is 0 Å². The molecule has 2 fully saturated rings. The maximum Gasteiger partial charge on any atom is 0.245 e. The second-order valence-electron chi connectivity index (χ2n) is 34.7. The third-order valence-corrected chi connectivity index (χ3v) is 25.6. The SMILES string of the molecule is Cc1cccc(C[C@@H]2NC(=O)C[C@H]([C@@H](C)O)CNC(=O)[C@H](Cc3ccc(Cl)cc3)CCN(C)C(=O)[C@H](Cc3cccc(Cl)c3)CCC(=O)[C@H](Cc3ccc(Cl)cc3)N(C)C(=O)[C@H]([C@@H](C)O)CC(=O)[C@H](Cc3ccccc3)N(C)C(=O)[C@H](CCS(C)(=O)=O)NC(=O)[C@H]([C@@H](C)O)NC(=O)[C@H](C)CC(=O)CN(C(C)N3CCC(C(C)(C)C)CC3)CCC2=O)c1. The first-order valence-electron chi connectivity index (χ1n) is 42.0. The number of aliphatic hydroxyl groups excluding tert-OH is 3. The molecule has 0 aliphatic carbocycles. The quantitative estimate of drug-likeness (QED) is 0.0429. The van der Waals surface area contributed by atoms with Gasteiger partial charge in [0.05, 0.1) is 60.8 Å². The van der Waals surface area contributed by atoms with E-state index in [9.17, 15) is 47.7 Å². The van der Waals surface area contributed by atoms with Crippen molar-refractivity contribution in [3.63, 3.8) is 0 Å². The van der Waals surface area contributed by atoms with Crippen LogP contribution in [0.15, 0.2) is 127 Å². The number of ketones is 4. The monoisotopic (exact) mass is 1750 g/mol. The number of piperidine rings is 1. The van der Waals surface area contributed by atoms with Crippen molar-refractivity contribution in [2.75, 3.05) is 72.4 Å². The highest BCUT2D eigenvalue weighted by Gasteiger charge is 2.42. The summed E-state index contributed by atoms with van der Waals surface area (Å²) in [6, 6.07) is 29.1. The van der Waals surface area contributed by atoms with Gasteiger partial charge >= 0.3 is 0 Å². The Kier molecular flexibility index (Phi) is 38.7. The van der Waals surface area contributed by atoms with Crippen LogP contribution in [-0.2, 0) is 94.7 Å². The van der Waals surface area contributed by atoms with Crippen molar-refractivity contribution < 1.29 is 76.5 Å². The highest BCUT2D eigenvalue weighted by atomic mass is 35.5. The summed E-state index contributed by atoms with van der Waals surface area (Å²) >= 11 is 19.3. The fourth-order valence-electron chi connectivity index (χ4n) is 16.1. The van der Waals surface area contributed by atoms with Crippen LogP contribution in [0.1, 0.15) is 153 Å². The lowest BCUT2D eigenvalue weighted by molar-refractivity contribution is -0.148. The number of aliphatic hydroxyl groups is 3. The molecule has 7 N–H and O–H groups in total. The van der Waals surface area contributed by atoms with Crippen LogP contribution in [0.3, 0.4) is 0 Å². The Hall–Kier alpha value is -8.31. The number of hydrogen-bond acceptors (Lipinski definition) is 18. The predicted octanol–water partition coefficient (Wildman–Crippen LogP) is 9.26. The largest absolute Gasteiger partial charge is 0.393 e. The number of nitrogens with zero attached hydrogens (tertiary/aromatic N) is 5. The molecule has 0 aromatic heterocycles. The molecule has 2 heterocycles. The highest BCUT2D eigenvalue weighted by molar-refractivity contribution is 7.90. The van der Waals surface area contributed by atoms with E-state index < -0.39 is 166 Å². The Morgan fingerprint density at radius 1 is 0.504 bits per heavy atom. The molecule has 662 valence electrons. The maximum absolute atomic E-state index is 15.4. The van der Waals surface area contributed by atoms with Crippen LogP contribution in [0.2, 0.25) is 15.1 Å². The number of likely N-dealkylation sites (tertiary alicyclic amines) is 1. The summed E-state index contributed by atoms with van der Waals surface area (Å²) < 4.78 is 25.9. The van der Waals surface area contributed by atoms with E-state index in [0.29, 0.717) is 50.8 Å². The fraction of sp³-hybridized carbons (Fsp3) is 0.554. The van der Waals surface area contributed by atoms with Gasteiger partial charge in [-0.2, -0.15) is 0 Å².